The van der Waals surface area contributed by atoms with Gasteiger partial charge in [0.1, 0.15) is 0 Å². The van der Waals surface area contributed by atoms with Crippen molar-refractivity contribution in [2.24, 2.45) is 0 Å². The lowest BCUT2D eigenvalue weighted by Gasteiger charge is -2.60. The van der Waals surface area contributed by atoms with Crippen molar-refractivity contribution in [3.63, 3.8) is 0 Å². The quantitative estimate of drug-likeness (QED) is 0.129. The number of hydrogen-bond acceptors (Lipinski definition) is 14. The highest BCUT2D eigenvalue weighted by Crippen LogP contribution is 2.49. The van der Waals surface area contributed by atoms with Crippen LogP contribution in [0.3, 0.4) is 0 Å². The third kappa shape index (κ3) is 7.38. The van der Waals surface area contributed by atoms with Gasteiger partial charge in [-0.25, -0.2) is 4.79 Å². The molecule has 4 aliphatic rings. The molecule has 0 aliphatic carbocycles. The molecule has 1 N–H and O–H groups in total. The van der Waals surface area contributed by atoms with Crippen LogP contribution in [0, 0.1) is 0 Å². The fourth-order valence-corrected chi connectivity index (χ4v) is 51.8. The second-order valence-electron chi connectivity index (χ2n) is 11.6. The van der Waals surface area contributed by atoms with E-state index in [4.69, 9.17) is 50.0 Å². The number of hydrogen-bond donors (Lipinski definition) is 1. The van der Waals surface area contributed by atoms with Gasteiger partial charge in [-0.15, -0.1) is 0 Å². The average molecular weight is 763 g/mol. The highest BCUT2D eigenvalue weighted by atomic mass is 28.6. The van der Waals surface area contributed by atoms with Crippen LogP contribution in [0.25, 0.3) is 0 Å². The molecule has 0 saturated carbocycles. The van der Waals surface area contributed by atoms with Crippen molar-refractivity contribution in [3.05, 3.63) is 12.2 Å². The smallest absolute Gasteiger partial charge is 0.462 e. The Morgan fingerprint density at radius 1 is 0.591 bits per heavy atom. The molecule has 6 bridgehead atoms. The predicted molar refractivity (Wildman–Crippen MR) is 175 cm³/mol. The van der Waals surface area contributed by atoms with Crippen molar-refractivity contribution in [3.8, 4) is 0 Å². The first-order valence-electron chi connectivity index (χ1n) is 15.8. The normalized spacial score (nSPS) is 45.4. The van der Waals surface area contributed by atoms with Gasteiger partial charge in [-0.05, 0) is 25.9 Å². The van der Waals surface area contributed by atoms with Crippen molar-refractivity contribution >= 4 is 76.2 Å². The molecule has 0 aromatic heterocycles. The van der Waals surface area contributed by atoms with Crippen molar-refractivity contribution in [2.75, 3.05) is 6.61 Å². The summed E-state index contributed by atoms with van der Waals surface area (Å²) < 4.78 is 82.2. The lowest BCUT2D eigenvalue weighted by Crippen LogP contribution is -2.84. The maximum atomic E-state index is 12.1. The second kappa shape index (κ2) is 13.4. The van der Waals surface area contributed by atoms with Gasteiger partial charge in [0.2, 0.25) is 0 Å². The van der Waals surface area contributed by atoms with Gasteiger partial charge >= 0.3 is 76.2 Å². The van der Waals surface area contributed by atoms with E-state index in [0.717, 1.165) is 0 Å². The van der Waals surface area contributed by atoms with Gasteiger partial charge in [0, 0.05) is 47.9 Å². The van der Waals surface area contributed by atoms with Crippen molar-refractivity contribution in [2.45, 2.75) is 117 Å². The molecule has 4 rings (SSSR count). The molecule has 22 heteroatoms. The van der Waals surface area contributed by atoms with Crippen LogP contribution in [-0.2, 0) is 54.8 Å². The van der Waals surface area contributed by atoms with E-state index in [1.165, 1.54) is 0 Å². The Morgan fingerprint density at radius 3 is 1.20 bits per heavy atom. The molecule has 4 saturated heterocycles. The van der Waals surface area contributed by atoms with E-state index in [2.05, 4.69) is 6.58 Å². The summed E-state index contributed by atoms with van der Waals surface area (Å²) >= 11 is 0. The lowest BCUT2D eigenvalue weighted by atomic mass is 10.4. The lowest BCUT2D eigenvalue weighted by molar-refractivity contribution is -0.139. The van der Waals surface area contributed by atoms with Crippen LogP contribution < -0.4 is 0 Å². The predicted octanol–water partition coefficient (Wildman–Crippen LogP) is 4.51. The van der Waals surface area contributed by atoms with Crippen molar-refractivity contribution in [1.29, 1.82) is 0 Å². The molecule has 14 nitrogen and oxygen atoms in total. The Labute approximate surface area is 270 Å². The maximum Gasteiger partial charge on any atom is 0.483 e. The molecule has 4 fully saturated rings. The van der Waals surface area contributed by atoms with Crippen LogP contribution in [0.4, 0.5) is 0 Å². The molecule has 4 unspecified atom stereocenters. The van der Waals surface area contributed by atoms with Gasteiger partial charge in [0.15, 0.2) is 0 Å². The zero-order valence-electron chi connectivity index (χ0n) is 27.5. The topological polar surface area (TPSA) is 148 Å². The summed E-state index contributed by atoms with van der Waals surface area (Å²) in [6, 6.07) is 2.62. The zero-order chi connectivity index (χ0) is 32.7. The first kappa shape index (κ1) is 37.3. The third-order valence-corrected chi connectivity index (χ3v) is 43.7. The standard InChI is InChI=1S/C22H50O14Si8/c1-11-38(24)28-41(14-4)30-39(12-2)26-37(10,20-18-19-25-22(23)21(8)9)27-40(13-3)31-42(15-5,29-38)35-44(17-7,34-41)36-43(16-6,32-39)33-40/h24H,8,11-20H2,1-7,9-10H3. The highest BCUT2D eigenvalue weighted by molar-refractivity contribution is 7.01. The van der Waals surface area contributed by atoms with Crippen LogP contribution in [0.15, 0.2) is 12.2 Å². The van der Waals surface area contributed by atoms with Gasteiger partial charge in [-0.3, -0.25) is 0 Å². The van der Waals surface area contributed by atoms with Crippen molar-refractivity contribution in [1.82, 2.24) is 0 Å². The summed E-state index contributed by atoms with van der Waals surface area (Å²) in [6.45, 7) is 20.7. The van der Waals surface area contributed by atoms with E-state index in [-0.39, 0.29) is 12.7 Å². The summed E-state index contributed by atoms with van der Waals surface area (Å²) in [5.74, 6) is -0.455. The van der Waals surface area contributed by atoms with Gasteiger partial charge in [0.05, 0.1) is 6.61 Å². The van der Waals surface area contributed by atoms with E-state index in [1.807, 2.05) is 48.1 Å². The second-order valence-corrected chi connectivity index (χ2v) is 37.9. The maximum absolute atomic E-state index is 12.1. The third-order valence-electron chi connectivity index (χ3n) is 7.95. The summed E-state index contributed by atoms with van der Waals surface area (Å²) in [7, 11) is -30.0. The molecule has 0 aromatic rings. The molecular weight excluding hydrogens is 713 g/mol. The van der Waals surface area contributed by atoms with E-state index < -0.39 is 76.2 Å². The van der Waals surface area contributed by atoms with Crippen LogP contribution in [-0.4, -0.2) is 87.6 Å². The number of carbonyl (C=O) groups excluding carboxylic acids is 1. The Morgan fingerprint density at radius 2 is 0.909 bits per heavy atom. The van der Waals surface area contributed by atoms with Crippen LogP contribution in [0.1, 0.15) is 61.8 Å². The SMILES string of the molecule is C=C(C)C(=O)OCCC[Si]1(C)O[Si]2(CC)O[Si]3(CC)O[Si](O)(CC)O[Si]4(CC)O[Si](CC)(O1)O[Si](CC)(O2)O[Si](CC)(O3)O4. The molecule has 0 aromatic carbocycles. The number of ether oxygens (including phenoxy) is 1. The Kier molecular flexibility index (Phi) is 11.4. The van der Waals surface area contributed by atoms with E-state index in [9.17, 15) is 9.59 Å². The Balaban J connectivity index is 1.93. The summed E-state index contributed by atoms with van der Waals surface area (Å²) in [5, 5.41) is 0. The molecule has 0 radical (unpaired) electrons. The molecule has 4 heterocycles. The largest absolute Gasteiger partial charge is 0.483 e. The van der Waals surface area contributed by atoms with E-state index >= 15 is 0 Å². The fraction of sp³-hybridized carbons (Fsp3) is 0.864. The zero-order valence-corrected chi connectivity index (χ0v) is 35.5. The Bertz CT molecular complexity index is 1040. The van der Waals surface area contributed by atoms with Gasteiger partial charge in [-0.2, -0.15) is 0 Å². The minimum atomic E-state index is -4.00. The first-order valence-corrected chi connectivity index (χ1v) is 31.9. The number of carbonyl (C=O) groups is 1. The minimum absolute atomic E-state index is 0.155. The van der Waals surface area contributed by atoms with Gasteiger partial charge in [0.25, 0.3) is 0 Å². The van der Waals surface area contributed by atoms with E-state index in [1.54, 1.807) is 13.8 Å². The molecule has 0 spiro atoms. The summed E-state index contributed by atoms with van der Waals surface area (Å²) in [6.07, 6.45) is 0.456. The average Bonchev–Trinajstić information content (AvgIpc) is 2.95. The minimum Gasteiger partial charge on any atom is -0.462 e. The number of fused-ring (bicyclic) bond motifs is 4. The van der Waals surface area contributed by atoms with Crippen molar-refractivity contribution < 1.29 is 59.6 Å². The fourth-order valence-electron chi connectivity index (χ4n) is 5.45. The van der Waals surface area contributed by atoms with E-state index in [0.29, 0.717) is 54.3 Å². The number of rotatable bonds is 12. The van der Waals surface area contributed by atoms with Crippen LogP contribution in [0.5, 0.6) is 0 Å². The molecule has 4 aliphatic heterocycles. The molecule has 44 heavy (non-hydrogen) atoms. The molecule has 254 valence electrons. The molecule has 4 atom stereocenters. The van der Waals surface area contributed by atoms with Gasteiger partial charge < -0.3 is 54.8 Å². The summed E-state index contributed by atoms with van der Waals surface area (Å²) in [4.78, 5) is 24.0. The van der Waals surface area contributed by atoms with Crippen LogP contribution in [0.2, 0.25) is 54.9 Å². The van der Waals surface area contributed by atoms with Crippen LogP contribution >= 0.6 is 0 Å². The summed E-state index contributed by atoms with van der Waals surface area (Å²) in [5.41, 5.74) is 0.327. The Hall–Kier alpha value is 0.465. The molecular formula is C22H50O14Si8. The number of esters is 1. The highest BCUT2D eigenvalue weighted by Gasteiger charge is 2.78. The first-order chi connectivity index (χ1) is 20.5. The van der Waals surface area contributed by atoms with Gasteiger partial charge in [-0.1, -0.05) is 55.0 Å². The monoisotopic (exact) mass is 762 g/mol. The molecule has 0 amide bonds.